The van der Waals surface area contributed by atoms with Gasteiger partial charge in [-0.25, -0.2) is 0 Å². The minimum atomic E-state index is 0. The van der Waals surface area contributed by atoms with E-state index in [1.54, 1.807) is 24.3 Å². The molecule has 64 valence electrons. The maximum absolute atomic E-state index is 8.99. The van der Waals surface area contributed by atoms with Crippen molar-refractivity contribution >= 4 is 27.3 Å². The number of benzene rings is 1. The van der Waals surface area contributed by atoms with E-state index < -0.39 is 0 Å². The van der Waals surface area contributed by atoms with E-state index in [1.165, 1.54) is 0 Å². The number of nitrogens with one attached hydrogen (secondary N) is 1. The maximum Gasteiger partial charge on any atom is 0.204 e. The number of nitrogens with zero attached hydrogens (tertiary/aromatic N) is 3. The second kappa shape index (κ2) is 4.31. The Hall–Kier alpha value is -0.988. The summed E-state index contributed by atoms with van der Waals surface area (Å²) in [6.45, 7) is 0. The molecular weight excluding hydrogens is 363 g/mol. The molecule has 0 saturated carbocycles. The number of rotatable bonds is 1. The summed E-state index contributed by atoms with van der Waals surface area (Å²) in [5, 5.41) is 22.3. The Balaban J connectivity index is 0.000000845. The van der Waals surface area contributed by atoms with Gasteiger partial charge in [0.15, 0.2) is 0 Å². The van der Waals surface area contributed by atoms with Crippen LogP contribution >= 0.6 is 0 Å². The molecule has 0 atom stereocenters. The summed E-state index contributed by atoms with van der Waals surface area (Å²) in [6.07, 6.45) is 0. The third kappa shape index (κ3) is 2.23. The van der Waals surface area contributed by atoms with Crippen molar-refractivity contribution in [2.24, 2.45) is 0 Å². The number of tetrazole rings is 1. The fourth-order valence-corrected chi connectivity index (χ4v) is 0.895. The van der Waals surface area contributed by atoms with Gasteiger partial charge in [0.1, 0.15) is 5.75 Å². The molecule has 0 aliphatic carbocycles. The summed E-state index contributed by atoms with van der Waals surface area (Å²) in [5.74, 6) is 0.747. The number of hydrogen-bond donors (Lipinski definition) is 2. The molecule has 0 aliphatic heterocycles. The minimum absolute atomic E-state index is 0. The molecule has 4 radical (unpaired) electrons. The molecule has 2 rings (SSSR count). The predicted molar refractivity (Wildman–Crippen MR) is 47.0 cm³/mol. The van der Waals surface area contributed by atoms with E-state index >= 15 is 0 Å². The van der Waals surface area contributed by atoms with Crippen LogP contribution in [0.3, 0.4) is 0 Å². The Morgan fingerprint density at radius 3 is 2.38 bits per heavy atom. The molecule has 0 bridgehead atoms. The molecule has 0 saturated heterocycles. The van der Waals surface area contributed by atoms with Gasteiger partial charge in [-0.1, -0.05) is 0 Å². The van der Waals surface area contributed by atoms with Crippen LogP contribution in [0.25, 0.3) is 11.4 Å². The van der Waals surface area contributed by atoms with E-state index in [4.69, 9.17) is 5.11 Å². The standard InChI is InChI=1S/C7H6N4O.Pb/c12-6-3-1-5(2-4-6)7-8-10-11-9-7;/h1-4,12H,(H,8,9,10,11);. The first-order valence-electron chi connectivity index (χ1n) is 3.39. The number of aromatic amines is 1. The van der Waals surface area contributed by atoms with E-state index in [2.05, 4.69) is 20.6 Å². The van der Waals surface area contributed by atoms with E-state index in [0.717, 1.165) is 5.56 Å². The third-order valence-electron chi connectivity index (χ3n) is 1.47. The smallest absolute Gasteiger partial charge is 0.204 e. The van der Waals surface area contributed by atoms with Crippen molar-refractivity contribution in [1.29, 1.82) is 0 Å². The van der Waals surface area contributed by atoms with Crippen molar-refractivity contribution in [3.63, 3.8) is 0 Å². The average Bonchev–Trinajstić information content (AvgIpc) is 2.58. The number of aromatic nitrogens is 4. The molecule has 0 amide bonds. The largest absolute Gasteiger partial charge is 0.508 e. The van der Waals surface area contributed by atoms with Gasteiger partial charge in [-0.05, 0) is 29.5 Å². The number of H-pyrrole nitrogens is 1. The SMILES string of the molecule is Oc1ccc(-c2nn[nH]n2)cc1.[Pb]. The van der Waals surface area contributed by atoms with Crippen LogP contribution in [-0.4, -0.2) is 53.0 Å². The number of phenolic OH excluding ortho intramolecular Hbond substituents is 1. The summed E-state index contributed by atoms with van der Waals surface area (Å²) < 4.78 is 0. The van der Waals surface area contributed by atoms with Gasteiger partial charge in [0, 0.05) is 32.9 Å². The Morgan fingerprint density at radius 2 is 1.85 bits per heavy atom. The zero-order chi connectivity index (χ0) is 8.39. The van der Waals surface area contributed by atoms with Crippen molar-refractivity contribution in [1.82, 2.24) is 20.6 Å². The first kappa shape index (κ1) is 10.1. The topological polar surface area (TPSA) is 74.7 Å². The number of phenols is 1. The van der Waals surface area contributed by atoms with Gasteiger partial charge in [-0.3, -0.25) is 0 Å². The molecule has 1 aromatic heterocycles. The van der Waals surface area contributed by atoms with Crippen molar-refractivity contribution in [3.05, 3.63) is 24.3 Å². The Kier molecular flexibility index (Phi) is 3.34. The second-order valence-corrected chi connectivity index (χ2v) is 2.28. The monoisotopic (exact) mass is 370 g/mol. The summed E-state index contributed by atoms with van der Waals surface area (Å²) in [6, 6.07) is 6.60. The van der Waals surface area contributed by atoms with Crippen LogP contribution in [0.15, 0.2) is 24.3 Å². The molecule has 0 aliphatic rings. The summed E-state index contributed by atoms with van der Waals surface area (Å²) in [7, 11) is 0. The van der Waals surface area contributed by atoms with Gasteiger partial charge in [0.05, 0.1) is 0 Å². The van der Waals surface area contributed by atoms with Crippen molar-refractivity contribution in [3.8, 4) is 17.1 Å². The third-order valence-corrected chi connectivity index (χ3v) is 1.47. The van der Waals surface area contributed by atoms with Gasteiger partial charge >= 0.3 is 0 Å². The predicted octanol–water partition coefficient (Wildman–Crippen LogP) is 0.191. The van der Waals surface area contributed by atoms with Crippen LogP contribution < -0.4 is 0 Å². The Morgan fingerprint density at radius 1 is 1.15 bits per heavy atom. The fraction of sp³-hybridized carbons (Fsp3) is 0. The Labute approximate surface area is 94.3 Å². The van der Waals surface area contributed by atoms with Crippen LogP contribution in [0.5, 0.6) is 5.75 Å². The van der Waals surface area contributed by atoms with Gasteiger partial charge < -0.3 is 5.11 Å². The van der Waals surface area contributed by atoms with E-state index in [0.29, 0.717) is 5.82 Å². The van der Waals surface area contributed by atoms with Gasteiger partial charge in [-0.2, -0.15) is 5.21 Å². The molecule has 2 aromatic rings. The van der Waals surface area contributed by atoms with Gasteiger partial charge in [-0.15, -0.1) is 10.2 Å². The molecule has 0 spiro atoms. The second-order valence-electron chi connectivity index (χ2n) is 2.28. The summed E-state index contributed by atoms with van der Waals surface area (Å²) in [5.41, 5.74) is 0.821. The van der Waals surface area contributed by atoms with Crippen LogP contribution in [0.4, 0.5) is 0 Å². The van der Waals surface area contributed by atoms with Crippen LogP contribution in [0, 0.1) is 0 Å². The normalized spacial score (nSPS) is 9.23. The van der Waals surface area contributed by atoms with E-state index in [1.807, 2.05) is 0 Å². The molecule has 0 fully saturated rings. The zero-order valence-corrected chi connectivity index (χ0v) is 10.5. The zero-order valence-electron chi connectivity index (χ0n) is 6.60. The van der Waals surface area contributed by atoms with Crippen LogP contribution in [0.2, 0.25) is 0 Å². The molecular formula is C7H6N4OPb. The molecule has 2 N–H and O–H groups in total. The first-order valence-corrected chi connectivity index (χ1v) is 3.39. The van der Waals surface area contributed by atoms with Crippen LogP contribution in [-0.2, 0) is 0 Å². The van der Waals surface area contributed by atoms with Crippen molar-refractivity contribution in [2.45, 2.75) is 0 Å². The van der Waals surface area contributed by atoms with E-state index in [-0.39, 0.29) is 33.0 Å². The molecule has 0 unspecified atom stereocenters. The van der Waals surface area contributed by atoms with Gasteiger partial charge in [0.2, 0.25) is 5.82 Å². The van der Waals surface area contributed by atoms with E-state index in [9.17, 15) is 0 Å². The van der Waals surface area contributed by atoms with Crippen molar-refractivity contribution < 1.29 is 5.11 Å². The van der Waals surface area contributed by atoms with Crippen molar-refractivity contribution in [2.75, 3.05) is 0 Å². The molecule has 6 heteroatoms. The summed E-state index contributed by atoms with van der Waals surface area (Å²) in [4.78, 5) is 0. The molecule has 5 nitrogen and oxygen atoms in total. The number of aromatic hydroxyl groups is 1. The van der Waals surface area contributed by atoms with Crippen LogP contribution in [0.1, 0.15) is 0 Å². The molecule has 1 aromatic carbocycles. The number of hydrogen-bond acceptors (Lipinski definition) is 4. The fourth-order valence-electron chi connectivity index (χ4n) is 0.895. The molecule has 13 heavy (non-hydrogen) atoms. The summed E-state index contributed by atoms with van der Waals surface area (Å²) >= 11 is 0. The first-order chi connectivity index (χ1) is 5.86. The van der Waals surface area contributed by atoms with Gasteiger partial charge in [0.25, 0.3) is 0 Å². The quantitative estimate of drug-likeness (QED) is 0.704. The minimum Gasteiger partial charge on any atom is -0.508 e. The average molecular weight is 369 g/mol. The Bertz CT molecular complexity index is 358. The maximum atomic E-state index is 8.99. The molecule has 1 heterocycles.